The number of benzene rings is 2. The van der Waals surface area contributed by atoms with E-state index < -0.39 is 0 Å². The molecule has 0 saturated heterocycles. The van der Waals surface area contributed by atoms with Crippen molar-refractivity contribution in [2.45, 2.75) is 17.6 Å². The van der Waals surface area contributed by atoms with Gasteiger partial charge >= 0.3 is 0 Å². The van der Waals surface area contributed by atoms with Crippen molar-refractivity contribution in [1.82, 2.24) is 0 Å². The van der Waals surface area contributed by atoms with Crippen LogP contribution in [0.4, 0.5) is 10.1 Å². The SMILES string of the molecule is Cc1c(N)cccc1SCc1ccc(F)c(Cl)c1. The highest BCUT2D eigenvalue weighted by Crippen LogP contribution is 2.29. The second kappa shape index (κ2) is 5.63. The van der Waals surface area contributed by atoms with Crippen molar-refractivity contribution in [3.8, 4) is 0 Å². The van der Waals surface area contributed by atoms with Crippen LogP contribution in [0.15, 0.2) is 41.3 Å². The lowest BCUT2D eigenvalue weighted by Crippen LogP contribution is -1.91. The Bertz CT molecular complexity index is 572. The van der Waals surface area contributed by atoms with E-state index in [1.54, 1.807) is 23.9 Å². The summed E-state index contributed by atoms with van der Waals surface area (Å²) in [5.74, 6) is 0.357. The molecule has 0 amide bonds. The van der Waals surface area contributed by atoms with E-state index >= 15 is 0 Å². The topological polar surface area (TPSA) is 26.0 Å². The Morgan fingerprint density at radius 3 is 2.78 bits per heavy atom. The molecule has 2 rings (SSSR count). The van der Waals surface area contributed by atoms with Gasteiger partial charge in [0, 0.05) is 16.3 Å². The molecule has 0 saturated carbocycles. The Hall–Kier alpha value is -1.19. The minimum atomic E-state index is -0.384. The number of rotatable bonds is 3. The van der Waals surface area contributed by atoms with Gasteiger partial charge in [-0.2, -0.15) is 0 Å². The summed E-state index contributed by atoms with van der Waals surface area (Å²) >= 11 is 7.42. The fourth-order valence-electron chi connectivity index (χ4n) is 1.58. The molecule has 0 radical (unpaired) electrons. The van der Waals surface area contributed by atoms with E-state index in [1.807, 2.05) is 25.1 Å². The van der Waals surface area contributed by atoms with Crippen molar-refractivity contribution in [2.75, 3.05) is 5.73 Å². The zero-order valence-electron chi connectivity index (χ0n) is 9.91. The van der Waals surface area contributed by atoms with Crippen LogP contribution < -0.4 is 5.73 Å². The second-order valence-electron chi connectivity index (χ2n) is 4.01. The molecule has 0 fully saturated rings. The van der Waals surface area contributed by atoms with Crippen molar-refractivity contribution in [1.29, 1.82) is 0 Å². The third kappa shape index (κ3) is 2.98. The van der Waals surface area contributed by atoms with Crippen LogP contribution in [0, 0.1) is 12.7 Å². The largest absolute Gasteiger partial charge is 0.398 e. The number of halogens is 2. The van der Waals surface area contributed by atoms with Gasteiger partial charge in [0.05, 0.1) is 5.02 Å². The van der Waals surface area contributed by atoms with Crippen molar-refractivity contribution in [2.24, 2.45) is 0 Å². The highest BCUT2D eigenvalue weighted by molar-refractivity contribution is 7.98. The first-order chi connectivity index (χ1) is 8.58. The van der Waals surface area contributed by atoms with Crippen LogP contribution in [0.25, 0.3) is 0 Å². The Morgan fingerprint density at radius 1 is 1.28 bits per heavy atom. The molecule has 0 aliphatic carbocycles. The van der Waals surface area contributed by atoms with E-state index in [9.17, 15) is 4.39 Å². The van der Waals surface area contributed by atoms with Crippen LogP contribution in [-0.2, 0) is 5.75 Å². The molecule has 1 nitrogen and oxygen atoms in total. The zero-order valence-corrected chi connectivity index (χ0v) is 11.5. The summed E-state index contributed by atoms with van der Waals surface area (Å²) in [6.45, 7) is 2.00. The minimum absolute atomic E-state index is 0.164. The standard InChI is InChI=1S/C14H13ClFNS/c1-9-13(17)3-2-4-14(9)18-8-10-5-6-12(16)11(15)7-10/h2-7H,8,17H2,1H3. The van der Waals surface area contributed by atoms with Crippen LogP contribution in [0.3, 0.4) is 0 Å². The molecule has 0 aromatic heterocycles. The number of hydrogen-bond donors (Lipinski definition) is 1. The molecule has 0 unspecified atom stereocenters. The first kappa shape index (κ1) is 13.2. The van der Waals surface area contributed by atoms with Gasteiger partial charge < -0.3 is 5.73 Å². The maximum atomic E-state index is 13.0. The molecule has 0 heterocycles. The maximum absolute atomic E-state index is 13.0. The summed E-state index contributed by atoms with van der Waals surface area (Å²) in [6.07, 6.45) is 0. The van der Waals surface area contributed by atoms with Crippen LogP contribution in [0.1, 0.15) is 11.1 Å². The zero-order chi connectivity index (χ0) is 13.1. The van der Waals surface area contributed by atoms with Gasteiger partial charge in [-0.15, -0.1) is 11.8 Å². The molecule has 0 spiro atoms. The van der Waals surface area contributed by atoms with Gasteiger partial charge in [0.25, 0.3) is 0 Å². The molecule has 0 atom stereocenters. The van der Waals surface area contributed by atoms with E-state index in [-0.39, 0.29) is 10.8 Å². The van der Waals surface area contributed by atoms with Crippen LogP contribution in [0.5, 0.6) is 0 Å². The molecule has 2 N–H and O–H groups in total. The Balaban J connectivity index is 2.11. The molecule has 2 aromatic rings. The number of anilines is 1. The fourth-order valence-corrected chi connectivity index (χ4v) is 2.79. The monoisotopic (exact) mass is 281 g/mol. The lowest BCUT2D eigenvalue weighted by Gasteiger charge is -2.08. The third-order valence-corrected chi connectivity index (χ3v) is 4.22. The lowest BCUT2D eigenvalue weighted by atomic mass is 10.2. The van der Waals surface area contributed by atoms with Crippen LogP contribution in [0.2, 0.25) is 5.02 Å². The number of thioether (sulfide) groups is 1. The normalized spacial score (nSPS) is 10.6. The highest BCUT2D eigenvalue weighted by Gasteiger charge is 2.04. The fraction of sp³-hybridized carbons (Fsp3) is 0.143. The summed E-state index contributed by atoms with van der Waals surface area (Å²) in [5, 5.41) is 0.164. The van der Waals surface area contributed by atoms with Gasteiger partial charge in [-0.1, -0.05) is 23.7 Å². The lowest BCUT2D eigenvalue weighted by molar-refractivity contribution is 0.628. The summed E-state index contributed by atoms with van der Waals surface area (Å²) in [6, 6.07) is 10.6. The van der Waals surface area contributed by atoms with Gasteiger partial charge in [-0.25, -0.2) is 4.39 Å². The first-order valence-electron chi connectivity index (χ1n) is 5.50. The predicted molar refractivity (Wildman–Crippen MR) is 76.6 cm³/mol. The number of hydrogen-bond acceptors (Lipinski definition) is 2. The molecule has 0 aliphatic heterocycles. The van der Waals surface area contributed by atoms with Gasteiger partial charge in [-0.3, -0.25) is 0 Å². The minimum Gasteiger partial charge on any atom is -0.398 e. The molecule has 18 heavy (non-hydrogen) atoms. The molecular formula is C14H13ClFNS. The van der Waals surface area contributed by atoms with E-state index in [2.05, 4.69) is 0 Å². The average Bonchev–Trinajstić information content (AvgIpc) is 2.35. The summed E-state index contributed by atoms with van der Waals surface area (Å²) in [7, 11) is 0. The molecule has 4 heteroatoms. The second-order valence-corrected chi connectivity index (χ2v) is 5.43. The summed E-state index contributed by atoms with van der Waals surface area (Å²) < 4.78 is 13.0. The summed E-state index contributed by atoms with van der Waals surface area (Å²) in [5.41, 5.74) is 8.71. The van der Waals surface area contributed by atoms with Crippen molar-refractivity contribution >= 4 is 29.1 Å². The third-order valence-electron chi connectivity index (χ3n) is 2.70. The highest BCUT2D eigenvalue weighted by atomic mass is 35.5. The van der Waals surface area contributed by atoms with E-state index in [0.717, 1.165) is 27.5 Å². The molecule has 2 aromatic carbocycles. The van der Waals surface area contributed by atoms with Crippen molar-refractivity contribution in [3.63, 3.8) is 0 Å². The average molecular weight is 282 g/mol. The molecule has 0 bridgehead atoms. The van der Waals surface area contributed by atoms with Crippen molar-refractivity contribution in [3.05, 3.63) is 58.4 Å². The predicted octanol–water partition coefficient (Wildman–Crippen LogP) is 4.66. The quantitative estimate of drug-likeness (QED) is 0.654. The molecular weight excluding hydrogens is 269 g/mol. The van der Waals surface area contributed by atoms with Gasteiger partial charge in [-0.05, 0) is 42.3 Å². The van der Waals surface area contributed by atoms with Gasteiger partial charge in [0.2, 0.25) is 0 Å². The Morgan fingerprint density at radius 2 is 2.06 bits per heavy atom. The smallest absolute Gasteiger partial charge is 0.141 e. The first-order valence-corrected chi connectivity index (χ1v) is 6.86. The van der Waals surface area contributed by atoms with Gasteiger partial charge in [0.1, 0.15) is 5.82 Å². The van der Waals surface area contributed by atoms with Gasteiger partial charge in [0.15, 0.2) is 0 Å². The number of nitrogens with two attached hydrogens (primary N) is 1. The Labute approximate surface area is 115 Å². The van der Waals surface area contributed by atoms with Crippen molar-refractivity contribution < 1.29 is 4.39 Å². The number of nitrogen functional groups attached to an aromatic ring is 1. The Kier molecular flexibility index (Phi) is 4.15. The summed E-state index contributed by atoms with van der Waals surface area (Å²) in [4.78, 5) is 1.13. The van der Waals surface area contributed by atoms with E-state index in [1.165, 1.54) is 6.07 Å². The van der Waals surface area contributed by atoms with E-state index in [4.69, 9.17) is 17.3 Å². The molecule has 0 aliphatic rings. The maximum Gasteiger partial charge on any atom is 0.141 e. The molecule has 94 valence electrons. The van der Waals surface area contributed by atoms with Crippen LogP contribution in [-0.4, -0.2) is 0 Å². The van der Waals surface area contributed by atoms with E-state index in [0.29, 0.717) is 0 Å². The van der Waals surface area contributed by atoms with Crippen LogP contribution >= 0.6 is 23.4 Å².